The largest absolute Gasteiger partial charge is 0.452 e. The summed E-state index contributed by atoms with van der Waals surface area (Å²) >= 11 is 3.36. The molecule has 1 aliphatic rings. The number of nitrogens with one attached hydrogen (secondary N) is 1. The van der Waals surface area contributed by atoms with Gasteiger partial charge in [0.05, 0.1) is 17.5 Å². The zero-order chi connectivity index (χ0) is 20.5. The van der Waals surface area contributed by atoms with Crippen LogP contribution in [0, 0.1) is 6.92 Å². The van der Waals surface area contributed by atoms with E-state index < -0.39 is 28.5 Å². The lowest BCUT2D eigenvalue weighted by atomic mass is 10.1. The Bertz CT molecular complexity index is 1050. The fourth-order valence-electron chi connectivity index (χ4n) is 3.01. The average molecular weight is 467 g/mol. The summed E-state index contributed by atoms with van der Waals surface area (Å²) in [6.45, 7) is 1.79. The van der Waals surface area contributed by atoms with E-state index in [1.54, 1.807) is 24.3 Å². The molecular formula is C19H19BrN2O5S. The van der Waals surface area contributed by atoms with Crippen molar-refractivity contribution in [2.45, 2.75) is 13.3 Å². The van der Waals surface area contributed by atoms with Crippen molar-refractivity contribution >= 4 is 49.2 Å². The minimum atomic E-state index is -3.35. The van der Waals surface area contributed by atoms with E-state index in [1.807, 2.05) is 13.0 Å². The molecule has 0 unspecified atom stereocenters. The summed E-state index contributed by atoms with van der Waals surface area (Å²) in [4.78, 5) is 24.3. The highest BCUT2D eigenvalue weighted by Crippen LogP contribution is 2.30. The molecule has 0 radical (unpaired) electrons. The van der Waals surface area contributed by atoms with Gasteiger partial charge in [0.2, 0.25) is 10.0 Å². The van der Waals surface area contributed by atoms with Crippen molar-refractivity contribution in [2.24, 2.45) is 0 Å². The number of sulfonamides is 1. The molecule has 7 nitrogen and oxygen atoms in total. The Labute approximate surface area is 171 Å². The van der Waals surface area contributed by atoms with Gasteiger partial charge in [0.1, 0.15) is 0 Å². The molecule has 1 amide bonds. The van der Waals surface area contributed by atoms with Gasteiger partial charge in [0, 0.05) is 16.7 Å². The zero-order valence-corrected chi connectivity index (χ0v) is 17.8. The third-order valence-electron chi connectivity index (χ3n) is 4.37. The number of halogens is 1. The van der Waals surface area contributed by atoms with Crippen LogP contribution in [-0.2, 0) is 26.0 Å². The molecule has 0 bridgehead atoms. The van der Waals surface area contributed by atoms with Gasteiger partial charge in [-0.15, -0.1) is 0 Å². The van der Waals surface area contributed by atoms with Crippen LogP contribution in [0.2, 0.25) is 0 Å². The molecule has 0 saturated heterocycles. The quantitative estimate of drug-likeness (QED) is 0.683. The predicted octanol–water partition coefficient (Wildman–Crippen LogP) is 2.88. The molecule has 0 aromatic heterocycles. The Hall–Kier alpha value is -2.39. The lowest BCUT2D eigenvalue weighted by Crippen LogP contribution is -2.27. The topological polar surface area (TPSA) is 92.8 Å². The van der Waals surface area contributed by atoms with Gasteiger partial charge in [-0.2, -0.15) is 0 Å². The first kappa shape index (κ1) is 20.3. The first-order chi connectivity index (χ1) is 13.1. The van der Waals surface area contributed by atoms with Crippen LogP contribution >= 0.6 is 15.9 Å². The summed E-state index contributed by atoms with van der Waals surface area (Å²) in [6, 6.07) is 10.1. The van der Waals surface area contributed by atoms with Crippen LogP contribution in [0.3, 0.4) is 0 Å². The van der Waals surface area contributed by atoms with Crippen molar-refractivity contribution in [2.75, 3.05) is 29.0 Å². The summed E-state index contributed by atoms with van der Waals surface area (Å²) in [7, 11) is -3.35. The molecular weight excluding hydrogens is 448 g/mol. The Morgan fingerprint density at radius 3 is 2.64 bits per heavy atom. The van der Waals surface area contributed by atoms with Crippen molar-refractivity contribution in [3.05, 3.63) is 57.6 Å². The normalized spacial score (nSPS) is 13.2. The van der Waals surface area contributed by atoms with E-state index >= 15 is 0 Å². The van der Waals surface area contributed by atoms with E-state index in [0.717, 1.165) is 21.9 Å². The van der Waals surface area contributed by atoms with Crippen molar-refractivity contribution in [1.29, 1.82) is 0 Å². The van der Waals surface area contributed by atoms with Crippen LogP contribution in [0.1, 0.15) is 21.5 Å². The Morgan fingerprint density at radius 2 is 1.96 bits per heavy atom. The van der Waals surface area contributed by atoms with Crippen LogP contribution in [-0.4, -0.2) is 39.7 Å². The van der Waals surface area contributed by atoms with Gasteiger partial charge < -0.3 is 10.1 Å². The SMILES string of the molecule is Cc1cc(Br)ccc1NC(=O)COC(=O)c1ccc2c(c1)CCN2S(C)(=O)=O. The molecule has 1 heterocycles. The van der Waals surface area contributed by atoms with Crippen molar-refractivity contribution in [3.63, 3.8) is 0 Å². The van der Waals surface area contributed by atoms with Crippen LogP contribution < -0.4 is 9.62 Å². The summed E-state index contributed by atoms with van der Waals surface area (Å²) in [5, 5.41) is 2.70. The maximum atomic E-state index is 12.3. The number of esters is 1. The van der Waals surface area contributed by atoms with Crippen LogP contribution in [0.5, 0.6) is 0 Å². The Kier molecular flexibility index (Phi) is 5.76. The summed E-state index contributed by atoms with van der Waals surface area (Å²) < 4.78 is 30.8. The Balaban J connectivity index is 1.62. The molecule has 1 N–H and O–H groups in total. The van der Waals surface area contributed by atoms with Crippen molar-refractivity contribution in [3.8, 4) is 0 Å². The number of carbonyl (C=O) groups is 2. The molecule has 0 fully saturated rings. The number of hydrogen-bond donors (Lipinski definition) is 1. The van der Waals surface area contributed by atoms with Gasteiger partial charge in [-0.3, -0.25) is 9.10 Å². The van der Waals surface area contributed by atoms with E-state index in [0.29, 0.717) is 24.3 Å². The van der Waals surface area contributed by atoms with Crippen LogP contribution in [0.15, 0.2) is 40.9 Å². The number of carbonyl (C=O) groups excluding carboxylic acids is 2. The zero-order valence-electron chi connectivity index (χ0n) is 15.4. The fraction of sp³-hybridized carbons (Fsp3) is 0.263. The lowest BCUT2D eigenvalue weighted by Gasteiger charge is -2.16. The molecule has 0 atom stereocenters. The Morgan fingerprint density at radius 1 is 1.21 bits per heavy atom. The number of ether oxygens (including phenoxy) is 1. The molecule has 28 heavy (non-hydrogen) atoms. The number of aryl methyl sites for hydroxylation is 1. The maximum Gasteiger partial charge on any atom is 0.338 e. The molecule has 3 rings (SSSR count). The summed E-state index contributed by atoms with van der Waals surface area (Å²) in [5.74, 6) is -1.08. The molecule has 1 aliphatic heterocycles. The van der Waals surface area contributed by atoms with Gasteiger partial charge in [-0.05, 0) is 60.9 Å². The average Bonchev–Trinajstić information content (AvgIpc) is 3.05. The molecule has 2 aromatic rings. The van der Waals surface area contributed by atoms with Gasteiger partial charge >= 0.3 is 5.97 Å². The van der Waals surface area contributed by atoms with Crippen LogP contribution in [0.4, 0.5) is 11.4 Å². The van der Waals surface area contributed by atoms with E-state index in [-0.39, 0.29) is 5.56 Å². The minimum absolute atomic E-state index is 0.279. The first-order valence-corrected chi connectivity index (χ1v) is 11.1. The summed E-state index contributed by atoms with van der Waals surface area (Å²) in [6.07, 6.45) is 1.67. The highest BCUT2D eigenvalue weighted by atomic mass is 79.9. The van der Waals surface area contributed by atoms with E-state index in [2.05, 4.69) is 21.2 Å². The highest BCUT2D eigenvalue weighted by Gasteiger charge is 2.27. The number of fused-ring (bicyclic) bond motifs is 1. The number of benzene rings is 2. The monoisotopic (exact) mass is 466 g/mol. The first-order valence-electron chi connectivity index (χ1n) is 8.49. The van der Waals surface area contributed by atoms with Gasteiger partial charge in [0.25, 0.3) is 5.91 Å². The second-order valence-corrected chi connectivity index (χ2v) is 9.33. The molecule has 2 aromatic carbocycles. The smallest absolute Gasteiger partial charge is 0.338 e. The number of nitrogens with zero attached hydrogens (tertiary/aromatic N) is 1. The number of rotatable bonds is 5. The molecule has 148 valence electrons. The molecule has 0 aliphatic carbocycles. The third kappa shape index (κ3) is 4.53. The van der Waals surface area contributed by atoms with Gasteiger partial charge in [-0.1, -0.05) is 15.9 Å². The van der Waals surface area contributed by atoms with Crippen molar-refractivity contribution < 1.29 is 22.7 Å². The number of amides is 1. The number of hydrogen-bond acceptors (Lipinski definition) is 5. The molecule has 9 heteroatoms. The fourth-order valence-corrected chi connectivity index (χ4v) is 4.44. The number of anilines is 2. The predicted molar refractivity (Wildman–Crippen MR) is 110 cm³/mol. The maximum absolute atomic E-state index is 12.3. The minimum Gasteiger partial charge on any atom is -0.452 e. The molecule has 0 saturated carbocycles. The van der Waals surface area contributed by atoms with Gasteiger partial charge in [-0.25, -0.2) is 13.2 Å². The van der Waals surface area contributed by atoms with Crippen LogP contribution in [0.25, 0.3) is 0 Å². The van der Waals surface area contributed by atoms with E-state index in [1.165, 1.54) is 10.4 Å². The second kappa shape index (κ2) is 7.92. The van der Waals surface area contributed by atoms with E-state index in [9.17, 15) is 18.0 Å². The lowest BCUT2D eigenvalue weighted by molar-refractivity contribution is -0.119. The third-order valence-corrected chi connectivity index (χ3v) is 6.04. The summed E-state index contributed by atoms with van der Waals surface area (Å²) in [5.41, 5.74) is 3.13. The molecule has 0 spiro atoms. The standard InChI is InChI=1S/C19H19BrN2O5S/c1-12-9-15(20)4-5-16(12)21-18(23)11-27-19(24)14-3-6-17-13(10-14)7-8-22(17)28(2,25)26/h3-6,9-10H,7-8,11H2,1-2H3,(H,21,23). The van der Waals surface area contributed by atoms with E-state index in [4.69, 9.17) is 4.74 Å². The van der Waals surface area contributed by atoms with Gasteiger partial charge in [0.15, 0.2) is 6.61 Å². The van der Waals surface area contributed by atoms with Crippen molar-refractivity contribution in [1.82, 2.24) is 0 Å². The second-order valence-electron chi connectivity index (χ2n) is 6.51. The highest BCUT2D eigenvalue weighted by molar-refractivity contribution is 9.10.